The highest BCUT2D eigenvalue weighted by Crippen LogP contribution is 2.27. The van der Waals surface area contributed by atoms with Crippen molar-refractivity contribution in [3.05, 3.63) is 30.1 Å². The van der Waals surface area contributed by atoms with Crippen LogP contribution in [0.1, 0.15) is 51.3 Å². The molecule has 0 saturated heterocycles. The van der Waals surface area contributed by atoms with E-state index in [2.05, 4.69) is 22.5 Å². The number of para-hydroxylation sites is 2. The number of imidazole rings is 1. The number of aromatic nitrogens is 2. The summed E-state index contributed by atoms with van der Waals surface area (Å²) in [5, 5.41) is 0. The van der Waals surface area contributed by atoms with E-state index >= 15 is 0 Å². The van der Waals surface area contributed by atoms with Crippen LogP contribution < -0.4 is 0 Å². The molecular weight excluding hydrogens is 260 g/mol. The zero-order valence-electron chi connectivity index (χ0n) is 12.8. The maximum atomic E-state index is 12.4. The number of hydrogen-bond acceptors (Lipinski definition) is 2. The van der Waals surface area contributed by atoms with E-state index in [9.17, 15) is 4.79 Å². The van der Waals surface area contributed by atoms with Gasteiger partial charge >= 0.3 is 0 Å². The molecule has 1 aromatic heterocycles. The van der Waals surface area contributed by atoms with Crippen molar-refractivity contribution in [2.24, 2.45) is 5.92 Å². The summed E-state index contributed by atoms with van der Waals surface area (Å²) in [6, 6.07) is 8.14. The smallest absolute Gasteiger partial charge is 0.140 e. The highest BCUT2D eigenvalue weighted by molar-refractivity contribution is 5.82. The zero-order valence-corrected chi connectivity index (χ0v) is 12.8. The van der Waals surface area contributed by atoms with Crippen LogP contribution in [0.15, 0.2) is 24.3 Å². The number of carbonyl (C=O) groups is 1. The molecule has 112 valence electrons. The Hall–Kier alpha value is -1.64. The van der Waals surface area contributed by atoms with E-state index in [1.54, 1.807) is 0 Å². The molecule has 1 heterocycles. The van der Waals surface area contributed by atoms with E-state index in [0.717, 1.165) is 29.8 Å². The Morgan fingerprint density at radius 1 is 1.24 bits per heavy atom. The predicted octanol–water partition coefficient (Wildman–Crippen LogP) is 4.14. The number of Topliss-reactive ketones (excluding diaryl/α,β-unsaturated/α-hetero) is 1. The minimum Gasteiger partial charge on any atom is -0.328 e. The van der Waals surface area contributed by atoms with Gasteiger partial charge in [-0.05, 0) is 25.0 Å². The molecule has 1 aliphatic carbocycles. The van der Waals surface area contributed by atoms with Gasteiger partial charge in [-0.1, -0.05) is 44.2 Å². The van der Waals surface area contributed by atoms with E-state index in [1.807, 2.05) is 18.2 Å². The Bertz CT molecular complexity index is 623. The van der Waals surface area contributed by atoms with Gasteiger partial charge in [0.25, 0.3) is 0 Å². The topological polar surface area (TPSA) is 34.9 Å². The number of benzene rings is 1. The van der Waals surface area contributed by atoms with Crippen molar-refractivity contribution in [2.75, 3.05) is 0 Å². The van der Waals surface area contributed by atoms with E-state index in [-0.39, 0.29) is 0 Å². The molecule has 0 atom stereocenters. The lowest BCUT2D eigenvalue weighted by atomic mass is 9.85. The molecule has 0 amide bonds. The SMILES string of the molecule is CCn1c(CC(=O)CC2CCCCC2)nc2ccccc21. The van der Waals surface area contributed by atoms with E-state index in [4.69, 9.17) is 0 Å². The van der Waals surface area contributed by atoms with Crippen LogP contribution in [-0.4, -0.2) is 15.3 Å². The Balaban J connectivity index is 1.73. The lowest BCUT2D eigenvalue weighted by molar-refractivity contribution is -0.119. The highest BCUT2D eigenvalue weighted by Gasteiger charge is 2.19. The fourth-order valence-corrected chi connectivity index (χ4v) is 3.57. The Morgan fingerprint density at radius 2 is 2.00 bits per heavy atom. The summed E-state index contributed by atoms with van der Waals surface area (Å²) in [6.07, 6.45) is 7.63. The third kappa shape index (κ3) is 3.17. The van der Waals surface area contributed by atoms with Crippen LogP contribution in [0, 0.1) is 5.92 Å². The van der Waals surface area contributed by atoms with Crippen LogP contribution >= 0.6 is 0 Å². The number of ketones is 1. The molecule has 1 aromatic carbocycles. The van der Waals surface area contributed by atoms with Gasteiger partial charge in [0, 0.05) is 13.0 Å². The first-order valence-corrected chi connectivity index (χ1v) is 8.23. The molecule has 2 aromatic rings. The second-order valence-corrected chi connectivity index (χ2v) is 6.18. The quantitative estimate of drug-likeness (QED) is 0.827. The highest BCUT2D eigenvalue weighted by atomic mass is 16.1. The van der Waals surface area contributed by atoms with Crippen LogP contribution in [0.3, 0.4) is 0 Å². The molecular formula is C18H24N2O. The largest absolute Gasteiger partial charge is 0.328 e. The van der Waals surface area contributed by atoms with Gasteiger partial charge in [-0.25, -0.2) is 4.98 Å². The first-order valence-electron chi connectivity index (χ1n) is 8.23. The van der Waals surface area contributed by atoms with Crippen molar-refractivity contribution in [1.29, 1.82) is 0 Å². The van der Waals surface area contributed by atoms with Crippen molar-refractivity contribution in [1.82, 2.24) is 9.55 Å². The molecule has 0 N–H and O–H groups in total. The van der Waals surface area contributed by atoms with Crippen LogP contribution in [0.2, 0.25) is 0 Å². The van der Waals surface area contributed by atoms with Crippen LogP contribution in [-0.2, 0) is 17.8 Å². The van der Waals surface area contributed by atoms with Crippen LogP contribution in [0.5, 0.6) is 0 Å². The van der Waals surface area contributed by atoms with Gasteiger partial charge in [-0.3, -0.25) is 4.79 Å². The first-order chi connectivity index (χ1) is 10.3. The molecule has 3 rings (SSSR count). The average molecular weight is 284 g/mol. The molecule has 3 nitrogen and oxygen atoms in total. The number of rotatable bonds is 5. The van der Waals surface area contributed by atoms with Crippen molar-refractivity contribution >= 4 is 16.8 Å². The summed E-state index contributed by atoms with van der Waals surface area (Å²) in [5.74, 6) is 1.90. The monoisotopic (exact) mass is 284 g/mol. The van der Waals surface area contributed by atoms with Gasteiger partial charge in [0.2, 0.25) is 0 Å². The van der Waals surface area contributed by atoms with Gasteiger partial charge in [-0.15, -0.1) is 0 Å². The lowest BCUT2D eigenvalue weighted by Crippen LogP contribution is -2.15. The summed E-state index contributed by atoms with van der Waals surface area (Å²) in [7, 11) is 0. The molecule has 1 aliphatic rings. The molecule has 3 heteroatoms. The Labute approximate surface area is 126 Å². The van der Waals surface area contributed by atoms with Crippen molar-refractivity contribution in [2.45, 2.75) is 58.4 Å². The summed E-state index contributed by atoms with van der Waals surface area (Å²) in [4.78, 5) is 17.0. The third-order valence-corrected chi connectivity index (χ3v) is 4.65. The summed E-state index contributed by atoms with van der Waals surface area (Å²) < 4.78 is 2.17. The maximum absolute atomic E-state index is 12.4. The molecule has 0 aliphatic heterocycles. The summed E-state index contributed by atoms with van der Waals surface area (Å²) >= 11 is 0. The van der Waals surface area contributed by atoms with Gasteiger partial charge < -0.3 is 4.57 Å². The number of hydrogen-bond donors (Lipinski definition) is 0. The standard InChI is InChI=1S/C18H24N2O/c1-2-20-17-11-7-6-10-16(17)19-18(20)13-15(21)12-14-8-4-3-5-9-14/h6-7,10-11,14H,2-5,8-9,12-13H2,1H3. The maximum Gasteiger partial charge on any atom is 0.140 e. The van der Waals surface area contributed by atoms with Gasteiger partial charge in [0.1, 0.15) is 11.6 Å². The average Bonchev–Trinajstić information content (AvgIpc) is 2.85. The Kier molecular flexibility index (Phi) is 4.37. The van der Waals surface area contributed by atoms with Gasteiger partial charge in [-0.2, -0.15) is 0 Å². The summed E-state index contributed by atoms with van der Waals surface area (Å²) in [6.45, 7) is 2.98. The fourth-order valence-electron chi connectivity index (χ4n) is 3.57. The second-order valence-electron chi connectivity index (χ2n) is 6.18. The van der Waals surface area contributed by atoms with E-state index in [1.165, 1.54) is 32.1 Å². The zero-order chi connectivity index (χ0) is 14.7. The Morgan fingerprint density at radius 3 is 2.76 bits per heavy atom. The molecule has 1 saturated carbocycles. The summed E-state index contributed by atoms with van der Waals surface area (Å²) in [5.41, 5.74) is 2.14. The van der Waals surface area contributed by atoms with Crippen LogP contribution in [0.4, 0.5) is 0 Å². The molecule has 1 fully saturated rings. The number of nitrogens with zero attached hydrogens (tertiary/aromatic N) is 2. The molecule has 21 heavy (non-hydrogen) atoms. The predicted molar refractivity (Wildman–Crippen MR) is 85.3 cm³/mol. The fraction of sp³-hybridized carbons (Fsp3) is 0.556. The number of carbonyl (C=O) groups excluding carboxylic acids is 1. The van der Waals surface area contributed by atoms with E-state index < -0.39 is 0 Å². The van der Waals surface area contributed by atoms with Crippen molar-refractivity contribution in [3.63, 3.8) is 0 Å². The van der Waals surface area contributed by atoms with Gasteiger partial charge in [0.15, 0.2) is 0 Å². The number of aryl methyl sites for hydroxylation is 1. The second kappa shape index (κ2) is 6.42. The normalized spacial score (nSPS) is 16.4. The molecule has 0 spiro atoms. The van der Waals surface area contributed by atoms with Crippen LogP contribution in [0.25, 0.3) is 11.0 Å². The lowest BCUT2D eigenvalue weighted by Gasteiger charge is -2.20. The minimum atomic E-state index is 0.354. The molecule has 0 radical (unpaired) electrons. The third-order valence-electron chi connectivity index (χ3n) is 4.65. The van der Waals surface area contributed by atoms with Gasteiger partial charge in [0.05, 0.1) is 17.5 Å². The molecule has 0 unspecified atom stereocenters. The molecule has 0 bridgehead atoms. The van der Waals surface area contributed by atoms with Crippen molar-refractivity contribution in [3.8, 4) is 0 Å². The van der Waals surface area contributed by atoms with E-state index in [0.29, 0.717) is 18.1 Å². The first kappa shape index (κ1) is 14.3. The minimum absolute atomic E-state index is 0.354. The number of fused-ring (bicyclic) bond motifs is 1. The van der Waals surface area contributed by atoms with Crippen molar-refractivity contribution < 1.29 is 4.79 Å².